The van der Waals surface area contributed by atoms with E-state index in [0.717, 1.165) is 64.2 Å². The zero-order chi connectivity index (χ0) is 52.7. The lowest BCUT2D eigenvalue weighted by Crippen LogP contribution is -2.44. The van der Waals surface area contributed by atoms with Crippen LogP contribution in [0.5, 0.6) is 0 Å². The Labute approximate surface area is 444 Å². The first-order valence-corrected chi connectivity index (χ1v) is 29.9. The highest BCUT2D eigenvalue weighted by atomic mass is 16.7. The van der Waals surface area contributed by atoms with E-state index >= 15 is 0 Å². The molecule has 0 bridgehead atoms. The summed E-state index contributed by atoms with van der Waals surface area (Å²) in [5.41, 5.74) is 0. The van der Waals surface area contributed by atoms with Gasteiger partial charge in [-0.2, -0.15) is 0 Å². The number of allylic oxidation sites excluding steroid dienone is 10. The molecule has 0 rings (SSSR count). The van der Waals surface area contributed by atoms with Crippen LogP contribution in [0, 0.1) is 0 Å². The van der Waals surface area contributed by atoms with Crippen LogP contribution in [0.15, 0.2) is 60.8 Å². The second kappa shape index (κ2) is 54.3. The van der Waals surface area contributed by atoms with Crippen molar-refractivity contribution in [1.82, 2.24) is 0 Å². The second-order valence-corrected chi connectivity index (χ2v) is 21.3. The van der Waals surface area contributed by atoms with E-state index in [0.29, 0.717) is 17.4 Å². The van der Waals surface area contributed by atoms with Gasteiger partial charge >= 0.3 is 11.9 Å². The SMILES string of the molecule is CC/C=C\C/C=C\C/C=C\C/C=C\CCCCCCCCCCCCCCCCCCC(=O)OC(COC(=O)CCCCCCCCC/C=C\CCCCCCCCC)COC(OCC[N+](C)(C)C)C(=O)[O-]. The van der Waals surface area contributed by atoms with Gasteiger partial charge in [0.25, 0.3) is 0 Å². The fourth-order valence-electron chi connectivity index (χ4n) is 8.41. The van der Waals surface area contributed by atoms with Gasteiger partial charge in [-0.25, -0.2) is 0 Å². The average Bonchev–Trinajstić information content (AvgIpc) is 3.35. The minimum absolute atomic E-state index is 0.147. The monoisotopic (exact) mass is 1010 g/mol. The van der Waals surface area contributed by atoms with Gasteiger partial charge in [-0.3, -0.25) is 9.59 Å². The zero-order valence-electron chi connectivity index (χ0n) is 47.5. The zero-order valence-corrected chi connectivity index (χ0v) is 47.5. The van der Waals surface area contributed by atoms with Crippen molar-refractivity contribution < 1.29 is 42.9 Å². The van der Waals surface area contributed by atoms with Gasteiger partial charge in [0, 0.05) is 12.8 Å². The van der Waals surface area contributed by atoms with Crippen molar-refractivity contribution in [2.45, 2.75) is 277 Å². The first kappa shape index (κ1) is 69.0. The molecule has 72 heavy (non-hydrogen) atoms. The first-order valence-electron chi connectivity index (χ1n) is 29.9. The molecule has 0 aliphatic rings. The Morgan fingerprint density at radius 2 is 0.792 bits per heavy atom. The highest BCUT2D eigenvalue weighted by molar-refractivity contribution is 5.70. The van der Waals surface area contributed by atoms with Gasteiger partial charge in [0.1, 0.15) is 13.2 Å². The lowest BCUT2D eigenvalue weighted by Gasteiger charge is -2.26. The van der Waals surface area contributed by atoms with Crippen LogP contribution in [0.1, 0.15) is 264 Å². The maximum absolute atomic E-state index is 12.9. The normalized spacial score (nSPS) is 13.2. The van der Waals surface area contributed by atoms with Crippen LogP contribution in [0.4, 0.5) is 0 Å². The topological polar surface area (TPSA) is 111 Å². The van der Waals surface area contributed by atoms with Gasteiger partial charge in [0.15, 0.2) is 12.4 Å². The highest BCUT2D eigenvalue weighted by Crippen LogP contribution is 2.16. The minimum Gasteiger partial charge on any atom is -0.545 e. The Morgan fingerprint density at radius 3 is 1.19 bits per heavy atom. The molecule has 0 heterocycles. The molecule has 0 aliphatic carbocycles. The quantitative estimate of drug-likeness (QED) is 0.0195. The van der Waals surface area contributed by atoms with Gasteiger partial charge in [0.2, 0.25) is 0 Å². The summed E-state index contributed by atoms with van der Waals surface area (Å²) in [4.78, 5) is 37.3. The van der Waals surface area contributed by atoms with Gasteiger partial charge in [-0.1, -0.05) is 235 Å². The van der Waals surface area contributed by atoms with Crippen LogP contribution in [0.25, 0.3) is 0 Å². The molecule has 0 spiro atoms. The molecule has 418 valence electrons. The Kier molecular flexibility index (Phi) is 52.0. The summed E-state index contributed by atoms with van der Waals surface area (Å²) in [6.45, 7) is 4.65. The molecule has 0 aromatic rings. The van der Waals surface area contributed by atoms with Gasteiger partial charge in [-0.15, -0.1) is 0 Å². The van der Waals surface area contributed by atoms with Crippen molar-refractivity contribution in [3.05, 3.63) is 60.8 Å². The van der Waals surface area contributed by atoms with Crippen molar-refractivity contribution in [3.8, 4) is 0 Å². The van der Waals surface area contributed by atoms with Crippen LogP contribution in [-0.2, 0) is 33.3 Å². The molecule has 0 saturated heterocycles. The number of rotatable bonds is 55. The number of carbonyl (C=O) groups excluding carboxylic acids is 3. The maximum atomic E-state index is 12.9. The number of carboxylic acid groups (broad SMARTS) is 1. The third-order valence-electron chi connectivity index (χ3n) is 13.0. The van der Waals surface area contributed by atoms with E-state index < -0.39 is 24.3 Å². The molecule has 0 aromatic carbocycles. The number of hydrogen-bond acceptors (Lipinski definition) is 8. The first-order chi connectivity index (χ1) is 35.1. The summed E-state index contributed by atoms with van der Waals surface area (Å²) >= 11 is 0. The number of carboxylic acids is 1. The summed E-state index contributed by atoms with van der Waals surface area (Å²) in [7, 11) is 5.92. The molecule has 0 N–H and O–H groups in total. The van der Waals surface area contributed by atoms with Crippen LogP contribution >= 0.6 is 0 Å². The van der Waals surface area contributed by atoms with Crippen LogP contribution in [0.2, 0.25) is 0 Å². The van der Waals surface area contributed by atoms with E-state index in [1.54, 1.807) is 0 Å². The number of likely N-dealkylation sites (N-methyl/N-ethyl adjacent to an activating group) is 1. The summed E-state index contributed by atoms with van der Waals surface area (Å²) in [6, 6.07) is 0. The second-order valence-electron chi connectivity index (χ2n) is 21.3. The molecular weight excluding hydrogens is 899 g/mol. The van der Waals surface area contributed by atoms with Gasteiger partial charge in [-0.05, 0) is 77.0 Å². The summed E-state index contributed by atoms with van der Waals surface area (Å²) in [6.07, 6.45) is 65.6. The summed E-state index contributed by atoms with van der Waals surface area (Å²) in [5.74, 6) is -2.28. The molecule has 0 saturated carbocycles. The number of carbonyl (C=O) groups is 3. The van der Waals surface area contributed by atoms with Crippen molar-refractivity contribution in [2.75, 3.05) is 47.5 Å². The number of unbranched alkanes of at least 4 members (excludes halogenated alkanes) is 30. The van der Waals surface area contributed by atoms with Gasteiger partial charge in [0.05, 0.1) is 40.3 Å². The number of esters is 2. The van der Waals surface area contributed by atoms with Crippen molar-refractivity contribution in [1.29, 1.82) is 0 Å². The predicted molar refractivity (Wildman–Crippen MR) is 302 cm³/mol. The van der Waals surface area contributed by atoms with Crippen LogP contribution in [0.3, 0.4) is 0 Å². The Morgan fingerprint density at radius 1 is 0.431 bits per heavy atom. The molecule has 9 nitrogen and oxygen atoms in total. The number of nitrogens with zero attached hydrogens (tertiary/aromatic N) is 1. The number of ether oxygens (including phenoxy) is 4. The molecule has 2 unspecified atom stereocenters. The molecule has 0 amide bonds. The average molecular weight is 1010 g/mol. The van der Waals surface area contributed by atoms with Gasteiger partial charge < -0.3 is 33.3 Å². The standard InChI is InChI=1S/C63H113NO8/c1-6-8-10-12-14-16-18-20-22-24-26-27-28-29-30-31-32-33-34-35-36-38-40-42-44-46-48-50-52-54-61(66)72-59(58-71-63(62(67)68)69-56-55-64(3,4)5)57-70-60(65)53-51-49-47-45-43-41-39-37-25-23-21-19-17-15-13-11-9-7-2/h8,10,14,16,20,22-23,25-27,59,63H,6-7,9,11-13,15,17-19,21,24,28-58H2,1-5H3/b10-8-,16-14-,22-20-,25-23-,27-26-. The van der Waals surface area contributed by atoms with E-state index in [2.05, 4.69) is 74.6 Å². The molecule has 9 heteroatoms. The number of hydrogen-bond donors (Lipinski definition) is 0. The van der Waals surface area contributed by atoms with Crippen molar-refractivity contribution in [3.63, 3.8) is 0 Å². The lowest BCUT2D eigenvalue weighted by molar-refractivity contribution is -0.870. The summed E-state index contributed by atoms with van der Waals surface area (Å²) in [5, 5.41) is 11.8. The molecular formula is C63H113NO8. The van der Waals surface area contributed by atoms with E-state index in [1.165, 1.54) is 167 Å². The third-order valence-corrected chi connectivity index (χ3v) is 13.0. The largest absolute Gasteiger partial charge is 0.545 e. The minimum atomic E-state index is -1.62. The van der Waals surface area contributed by atoms with E-state index in [1.807, 2.05) is 21.1 Å². The van der Waals surface area contributed by atoms with E-state index in [4.69, 9.17) is 18.9 Å². The fourth-order valence-corrected chi connectivity index (χ4v) is 8.41. The smallest absolute Gasteiger partial charge is 0.306 e. The molecule has 0 fully saturated rings. The summed E-state index contributed by atoms with van der Waals surface area (Å²) < 4.78 is 22.7. The Balaban J connectivity index is 4.18. The fraction of sp³-hybridized carbons (Fsp3) is 0.794. The molecule has 0 aromatic heterocycles. The van der Waals surface area contributed by atoms with Crippen molar-refractivity contribution in [2.24, 2.45) is 0 Å². The van der Waals surface area contributed by atoms with E-state index in [-0.39, 0.29) is 38.6 Å². The predicted octanol–water partition coefficient (Wildman–Crippen LogP) is 16.3. The molecule has 0 aliphatic heterocycles. The lowest BCUT2D eigenvalue weighted by atomic mass is 10.0. The molecule has 2 atom stereocenters. The van der Waals surface area contributed by atoms with Crippen LogP contribution in [-0.4, -0.2) is 82.3 Å². The van der Waals surface area contributed by atoms with Crippen molar-refractivity contribution >= 4 is 17.9 Å². The highest BCUT2D eigenvalue weighted by Gasteiger charge is 2.22. The van der Waals surface area contributed by atoms with E-state index in [9.17, 15) is 19.5 Å². The number of aliphatic carboxylic acids is 1. The number of quaternary nitrogens is 1. The maximum Gasteiger partial charge on any atom is 0.306 e. The third kappa shape index (κ3) is 54.8. The molecule has 0 radical (unpaired) electrons. The Bertz CT molecular complexity index is 1360. The Hall–Kier alpha value is -3.01. The van der Waals surface area contributed by atoms with Crippen LogP contribution < -0.4 is 5.11 Å².